The molecule has 0 saturated heterocycles. The van der Waals surface area contributed by atoms with Crippen LogP contribution in [0.5, 0.6) is 0 Å². The van der Waals surface area contributed by atoms with Gasteiger partial charge in [-0.2, -0.15) is 8.42 Å². The van der Waals surface area contributed by atoms with Gasteiger partial charge in [-0.25, -0.2) is 0 Å². The molecule has 0 heterocycles. The quantitative estimate of drug-likeness (QED) is 0.403. The molecule has 5 nitrogen and oxygen atoms in total. The Balaban J connectivity index is 0. The molecule has 0 unspecified atom stereocenters. The van der Waals surface area contributed by atoms with Crippen molar-refractivity contribution < 1.29 is 39.8 Å². The van der Waals surface area contributed by atoms with E-state index in [0.717, 1.165) is 0 Å². The Morgan fingerprint density at radius 2 is 1.50 bits per heavy atom. The zero-order chi connectivity index (χ0) is 12.1. The fourth-order valence-corrected chi connectivity index (χ4v) is 1.12. The number of hydrogen-bond donors (Lipinski definition) is 3. The van der Waals surface area contributed by atoms with Gasteiger partial charge >= 0.3 is 0 Å². The number of aliphatic hydroxyl groups excluding tert-OH is 1. The number of aliphatic hydroxyl groups is 1. The van der Waals surface area contributed by atoms with Crippen LogP contribution in [0.3, 0.4) is 0 Å². The Kier molecular flexibility index (Phi) is 8.78. The Hall–Kier alpha value is -0.396. The van der Waals surface area contributed by atoms with E-state index in [9.17, 15) is 8.42 Å². The van der Waals surface area contributed by atoms with Gasteiger partial charge in [0.1, 0.15) is 0 Å². The molecule has 0 spiro atoms. The second-order valence-corrected chi connectivity index (χ2v) is 4.56. The van der Waals surface area contributed by atoms with Crippen molar-refractivity contribution in [2.24, 2.45) is 0 Å². The summed E-state index contributed by atoms with van der Waals surface area (Å²) in [6.07, 6.45) is -0.167. The standard InChI is InChI=1S/C6H7NO3S.C3H8O.Ti/c7-5-1-3-6(4-2-5)11(8,9)10;1-3(2)4;/h1-4H,7H2,(H,8,9,10);3-4H,1-2H3;. The summed E-state index contributed by atoms with van der Waals surface area (Å²) in [5, 5.41) is 8.06. The molecule has 1 aromatic rings. The average Bonchev–Trinajstić information content (AvgIpc) is 2.01. The van der Waals surface area contributed by atoms with E-state index in [1.165, 1.54) is 24.3 Å². The Labute approximate surface area is 110 Å². The molecule has 1 aromatic carbocycles. The van der Waals surface area contributed by atoms with Crippen LogP contribution >= 0.6 is 0 Å². The van der Waals surface area contributed by atoms with Crippen molar-refractivity contribution in [2.75, 3.05) is 5.73 Å². The van der Waals surface area contributed by atoms with Crippen molar-refractivity contribution in [3.8, 4) is 0 Å². The van der Waals surface area contributed by atoms with Gasteiger partial charge in [0.25, 0.3) is 10.1 Å². The first kappa shape index (κ1) is 18.0. The molecule has 0 aliphatic heterocycles. The van der Waals surface area contributed by atoms with Gasteiger partial charge in [-0.1, -0.05) is 0 Å². The van der Waals surface area contributed by atoms with Crippen LogP contribution in [0.1, 0.15) is 13.8 Å². The molecule has 0 radical (unpaired) electrons. The molecule has 0 atom stereocenters. The van der Waals surface area contributed by atoms with E-state index in [0.29, 0.717) is 5.69 Å². The molecule has 4 N–H and O–H groups in total. The molecule has 90 valence electrons. The predicted molar refractivity (Wildman–Crippen MR) is 58.0 cm³/mol. The van der Waals surface area contributed by atoms with Crippen LogP contribution in [0.4, 0.5) is 5.69 Å². The number of benzene rings is 1. The van der Waals surface area contributed by atoms with Crippen LogP contribution < -0.4 is 5.73 Å². The van der Waals surface area contributed by atoms with Gasteiger partial charge in [0.2, 0.25) is 0 Å². The molecule has 0 saturated carbocycles. The smallest absolute Gasteiger partial charge is 0.294 e. The molecule has 0 bridgehead atoms. The summed E-state index contributed by atoms with van der Waals surface area (Å²) in [5.41, 5.74) is 5.75. The molecule has 0 amide bonds. The molecule has 16 heavy (non-hydrogen) atoms. The van der Waals surface area contributed by atoms with Gasteiger partial charge in [-0.05, 0) is 38.1 Å². The van der Waals surface area contributed by atoms with Crippen molar-refractivity contribution in [3.63, 3.8) is 0 Å². The molecular weight excluding hydrogens is 266 g/mol. The number of rotatable bonds is 1. The molecule has 0 aliphatic carbocycles. The third-order valence-corrected chi connectivity index (χ3v) is 2.05. The van der Waals surface area contributed by atoms with Crippen LogP contribution in [-0.4, -0.2) is 24.2 Å². The number of anilines is 1. The largest absolute Gasteiger partial charge is 0.399 e. The maximum absolute atomic E-state index is 10.5. The van der Waals surface area contributed by atoms with E-state index >= 15 is 0 Å². The van der Waals surface area contributed by atoms with Crippen molar-refractivity contribution in [1.82, 2.24) is 0 Å². The van der Waals surface area contributed by atoms with Crippen molar-refractivity contribution in [1.29, 1.82) is 0 Å². The molecule has 0 aromatic heterocycles. The summed E-state index contributed by atoms with van der Waals surface area (Å²) < 4.78 is 29.4. The Morgan fingerprint density at radius 3 is 1.75 bits per heavy atom. The third kappa shape index (κ3) is 8.88. The normalized spacial score (nSPS) is 10.1. The maximum Gasteiger partial charge on any atom is 0.294 e. The maximum atomic E-state index is 10.5. The molecule has 0 fully saturated rings. The van der Waals surface area contributed by atoms with Gasteiger partial charge in [-0.3, -0.25) is 4.55 Å². The van der Waals surface area contributed by atoms with Gasteiger partial charge in [-0.15, -0.1) is 0 Å². The van der Waals surface area contributed by atoms with E-state index in [2.05, 4.69) is 0 Å². The average molecular weight is 281 g/mol. The van der Waals surface area contributed by atoms with Gasteiger partial charge in [0.15, 0.2) is 0 Å². The Bertz CT molecular complexity index is 386. The summed E-state index contributed by atoms with van der Waals surface area (Å²) in [6, 6.07) is 5.29. The summed E-state index contributed by atoms with van der Waals surface area (Å²) in [4.78, 5) is -0.147. The fourth-order valence-electron chi connectivity index (χ4n) is 0.640. The van der Waals surface area contributed by atoms with Crippen molar-refractivity contribution in [2.45, 2.75) is 24.8 Å². The second kappa shape index (κ2) is 7.81. The van der Waals surface area contributed by atoms with E-state index in [1.807, 2.05) is 0 Å². The zero-order valence-electron chi connectivity index (χ0n) is 9.08. The minimum Gasteiger partial charge on any atom is -0.399 e. The second-order valence-electron chi connectivity index (χ2n) is 3.14. The summed E-state index contributed by atoms with van der Waals surface area (Å²) in [6.45, 7) is 3.44. The van der Waals surface area contributed by atoms with Crippen LogP contribution in [0.15, 0.2) is 29.2 Å². The minimum atomic E-state index is -4.08. The number of nitrogens with two attached hydrogens (primary N) is 1. The van der Waals surface area contributed by atoms with Crippen LogP contribution in [0, 0.1) is 0 Å². The van der Waals surface area contributed by atoms with Crippen molar-refractivity contribution >= 4 is 15.8 Å². The van der Waals surface area contributed by atoms with Gasteiger partial charge in [0.05, 0.1) is 4.90 Å². The third-order valence-electron chi connectivity index (χ3n) is 1.18. The SMILES string of the molecule is CC(C)O.Nc1ccc(S(=O)(=O)O)cc1.[Ti]. The first-order chi connectivity index (χ1) is 6.73. The van der Waals surface area contributed by atoms with Crippen molar-refractivity contribution in [3.05, 3.63) is 24.3 Å². The monoisotopic (exact) mass is 281 g/mol. The molecule has 7 heteroatoms. The minimum absolute atomic E-state index is 0. The summed E-state index contributed by atoms with van der Waals surface area (Å²) >= 11 is 0. The summed E-state index contributed by atoms with van der Waals surface area (Å²) in [5.74, 6) is 0. The summed E-state index contributed by atoms with van der Waals surface area (Å²) in [7, 11) is -4.08. The zero-order valence-corrected chi connectivity index (χ0v) is 11.5. The number of nitrogen functional groups attached to an aromatic ring is 1. The predicted octanol–water partition coefficient (Wildman–Crippen LogP) is 0.900. The Morgan fingerprint density at radius 1 is 1.19 bits per heavy atom. The van der Waals surface area contributed by atoms with E-state index in [4.69, 9.17) is 15.4 Å². The molecule has 0 aliphatic rings. The van der Waals surface area contributed by atoms with Gasteiger partial charge < -0.3 is 10.8 Å². The topological polar surface area (TPSA) is 101 Å². The van der Waals surface area contributed by atoms with E-state index < -0.39 is 10.1 Å². The van der Waals surface area contributed by atoms with Crippen LogP contribution in [-0.2, 0) is 31.8 Å². The fraction of sp³-hybridized carbons (Fsp3) is 0.333. The van der Waals surface area contributed by atoms with Gasteiger partial charge in [0, 0.05) is 33.5 Å². The molecular formula is C9H15NO4STi. The first-order valence-corrected chi connectivity index (χ1v) is 5.68. The van der Waals surface area contributed by atoms with Crippen LogP contribution in [0.25, 0.3) is 0 Å². The number of hydrogen-bond acceptors (Lipinski definition) is 4. The van der Waals surface area contributed by atoms with Crippen LogP contribution in [0.2, 0.25) is 0 Å². The molecule has 1 rings (SSSR count). The van der Waals surface area contributed by atoms with E-state index in [-0.39, 0.29) is 32.7 Å². The van der Waals surface area contributed by atoms with E-state index in [1.54, 1.807) is 13.8 Å². The first-order valence-electron chi connectivity index (χ1n) is 4.24.